The van der Waals surface area contributed by atoms with Crippen molar-refractivity contribution in [3.8, 4) is 10.6 Å². The summed E-state index contributed by atoms with van der Waals surface area (Å²) in [4.78, 5) is 4.11. The van der Waals surface area contributed by atoms with Crippen LogP contribution < -0.4 is 5.73 Å². The summed E-state index contributed by atoms with van der Waals surface area (Å²) in [6, 6.07) is 4.66. The molecule has 0 unspecified atom stereocenters. The predicted molar refractivity (Wildman–Crippen MR) is 56.7 cm³/mol. The van der Waals surface area contributed by atoms with E-state index in [0.717, 1.165) is 16.1 Å². The highest BCUT2D eigenvalue weighted by Gasteiger charge is 2.06. The fourth-order valence-electron chi connectivity index (χ4n) is 1.23. The molecule has 0 fully saturated rings. The van der Waals surface area contributed by atoms with Gasteiger partial charge in [0, 0.05) is 10.9 Å². The van der Waals surface area contributed by atoms with Gasteiger partial charge in [-0.25, -0.2) is 9.37 Å². The monoisotopic (exact) mass is 208 g/mol. The van der Waals surface area contributed by atoms with E-state index in [4.69, 9.17) is 5.73 Å². The molecule has 1 heterocycles. The van der Waals surface area contributed by atoms with E-state index in [0.29, 0.717) is 5.82 Å². The summed E-state index contributed by atoms with van der Waals surface area (Å²) in [5.74, 6) is 0.230. The Kier molecular flexibility index (Phi) is 2.21. The van der Waals surface area contributed by atoms with Gasteiger partial charge in [-0.15, -0.1) is 11.3 Å². The van der Waals surface area contributed by atoms with Crippen LogP contribution in [0.15, 0.2) is 23.6 Å². The highest BCUT2D eigenvalue weighted by atomic mass is 32.1. The number of nitrogen functional groups attached to an aromatic ring is 1. The number of rotatable bonds is 1. The van der Waals surface area contributed by atoms with E-state index < -0.39 is 0 Å². The third kappa shape index (κ3) is 1.61. The second-order valence-corrected chi connectivity index (χ2v) is 3.89. The quantitative estimate of drug-likeness (QED) is 0.782. The minimum absolute atomic E-state index is 0.251. The summed E-state index contributed by atoms with van der Waals surface area (Å²) in [5, 5.41) is 2.51. The van der Waals surface area contributed by atoms with E-state index in [9.17, 15) is 4.39 Å². The largest absolute Gasteiger partial charge is 0.383 e. The molecule has 1 aromatic heterocycles. The molecule has 72 valence electrons. The molecule has 0 amide bonds. The average molecular weight is 208 g/mol. The van der Waals surface area contributed by atoms with Crippen LogP contribution in [0.3, 0.4) is 0 Å². The average Bonchev–Trinajstić information content (AvgIpc) is 2.56. The summed E-state index contributed by atoms with van der Waals surface area (Å²) < 4.78 is 13.0. The number of thiazole rings is 1. The SMILES string of the molecule is Cc1ccc(F)cc1-c1nc(N)cs1. The van der Waals surface area contributed by atoms with Gasteiger partial charge in [-0.05, 0) is 24.6 Å². The van der Waals surface area contributed by atoms with E-state index >= 15 is 0 Å². The van der Waals surface area contributed by atoms with Crippen LogP contribution in [0.1, 0.15) is 5.56 Å². The second kappa shape index (κ2) is 3.38. The predicted octanol–water partition coefficient (Wildman–Crippen LogP) is 2.84. The number of nitrogens with zero attached hydrogens (tertiary/aromatic N) is 1. The van der Waals surface area contributed by atoms with Gasteiger partial charge in [-0.2, -0.15) is 0 Å². The number of hydrogen-bond acceptors (Lipinski definition) is 3. The number of anilines is 1. The first kappa shape index (κ1) is 9.15. The number of hydrogen-bond donors (Lipinski definition) is 1. The van der Waals surface area contributed by atoms with Crippen LogP contribution in [0.2, 0.25) is 0 Å². The van der Waals surface area contributed by atoms with Gasteiger partial charge in [-0.3, -0.25) is 0 Å². The van der Waals surface area contributed by atoms with Crippen molar-refractivity contribution in [2.24, 2.45) is 0 Å². The summed E-state index contributed by atoms with van der Waals surface area (Å²) in [7, 11) is 0. The number of benzene rings is 1. The van der Waals surface area contributed by atoms with Crippen LogP contribution >= 0.6 is 11.3 Å². The number of aryl methyl sites for hydroxylation is 1. The topological polar surface area (TPSA) is 38.9 Å². The van der Waals surface area contributed by atoms with E-state index in [1.807, 2.05) is 6.92 Å². The molecule has 0 bridgehead atoms. The normalized spacial score (nSPS) is 10.4. The van der Waals surface area contributed by atoms with Crippen LogP contribution in [-0.4, -0.2) is 4.98 Å². The molecule has 0 atom stereocenters. The first-order valence-corrected chi connectivity index (χ1v) is 5.02. The third-order valence-electron chi connectivity index (χ3n) is 1.95. The molecule has 2 rings (SSSR count). The van der Waals surface area contributed by atoms with Gasteiger partial charge in [0.15, 0.2) is 0 Å². The second-order valence-electron chi connectivity index (χ2n) is 3.04. The van der Waals surface area contributed by atoms with Crippen LogP contribution in [0.5, 0.6) is 0 Å². The lowest BCUT2D eigenvalue weighted by atomic mass is 10.1. The van der Waals surface area contributed by atoms with E-state index in [1.54, 1.807) is 11.4 Å². The molecule has 0 aliphatic heterocycles. The summed E-state index contributed by atoms with van der Waals surface area (Å²) in [5.41, 5.74) is 7.32. The van der Waals surface area contributed by atoms with Gasteiger partial charge < -0.3 is 5.73 Å². The molecule has 2 aromatic rings. The first-order valence-electron chi connectivity index (χ1n) is 4.14. The number of halogens is 1. The number of nitrogens with two attached hydrogens (primary N) is 1. The Balaban J connectivity index is 2.55. The summed E-state index contributed by atoms with van der Waals surface area (Å²) in [6.07, 6.45) is 0. The van der Waals surface area contributed by atoms with Crippen molar-refractivity contribution >= 4 is 17.2 Å². The van der Waals surface area contributed by atoms with E-state index in [-0.39, 0.29) is 5.82 Å². The van der Waals surface area contributed by atoms with E-state index in [1.165, 1.54) is 23.5 Å². The highest BCUT2D eigenvalue weighted by molar-refractivity contribution is 7.13. The van der Waals surface area contributed by atoms with Crippen molar-refractivity contribution in [3.05, 3.63) is 35.0 Å². The maximum Gasteiger partial charge on any atom is 0.135 e. The molecule has 14 heavy (non-hydrogen) atoms. The Labute approximate surface area is 85.2 Å². The highest BCUT2D eigenvalue weighted by Crippen LogP contribution is 2.27. The van der Waals surface area contributed by atoms with Crippen molar-refractivity contribution in [1.82, 2.24) is 4.98 Å². The molecular weight excluding hydrogens is 199 g/mol. The molecule has 0 saturated heterocycles. The maximum absolute atomic E-state index is 13.0. The minimum atomic E-state index is -0.251. The molecule has 1 aromatic carbocycles. The molecule has 0 aliphatic rings. The Morgan fingerprint density at radius 2 is 2.21 bits per heavy atom. The van der Waals surface area contributed by atoms with Gasteiger partial charge in [0.1, 0.15) is 16.6 Å². The Hall–Kier alpha value is -1.42. The Morgan fingerprint density at radius 3 is 2.86 bits per heavy atom. The molecule has 0 spiro atoms. The van der Waals surface area contributed by atoms with Crippen molar-refractivity contribution in [2.75, 3.05) is 5.73 Å². The molecule has 0 saturated carbocycles. The van der Waals surface area contributed by atoms with Gasteiger partial charge in [0.05, 0.1) is 0 Å². The Morgan fingerprint density at radius 1 is 1.43 bits per heavy atom. The lowest BCUT2D eigenvalue weighted by Gasteiger charge is -2.01. The van der Waals surface area contributed by atoms with Gasteiger partial charge in [0.25, 0.3) is 0 Å². The smallest absolute Gasteiger partial charge is 0.135 e. The maximum atomic E-state index is 13.0. The van der Waals surface area contributed by atoms with E-state index in [2.05, 4.69) is 4.98 Å². The minimum Gasteiger partial charge on any atom is -0.383 e. The lowest BCUT2D eigenvalue weighted by molar-refractivity contribution is 0.628. The van der Waals surface area contributed by atoms with Crippen LogP contribution in [-0.2, 0) is 0 Å². The van der Waals surface area contributed by atoms with Gasteiger partial charge in [-0.1, -0.05) is 6.07 Å². The van der Waals surface area contributed by atoms with Gasteiger partial charge in [0.2, 0.25) is 0 Å². The van der Waals surface area contributed by atoms with Crippen LogP contribution in [0.25, 0.3) is 10.6 Å². The molecule has 0 radical (unpaired) electrons. The van der Waals surface area contributed by atoms with Crippen molar-refractivity contribution < 1.29 is 4.39 Å². The van der Waals surface area contributed by atoms with Crippen molar-refractivity contribution in [3.63, 3.8) is 0 Å². The fraction of sp³-hybridized carbons (Fsp3) is 0.100. The fourth-order valence-corrected chi connectivity index (χ4v) is 2.02. The van der Waals surface area contributed by atoms with Crippen molar-refractivity contribution in [1.29, 1.82) is 0 Å². The number of aromatic nitrogens is 1. The molecular formula is C10H9FN2S. The van der Waals surface area contributed by atoms with Crippen LogP contribution in [0.4, 0.5) is 10.2 Å². The summed E-state index contributed by atoms with van der Waals surface area (Å²) >= 11 is 1.42. The summed E-state index contributed by atoms with van der Waals surface area (Å²) in [6.45, 7) is 1.92. The first-order chi connectivity index (χ1) is 6.66. The molecule has 2 N–H and O–H groups in total. The molecule has 4 heteroatoms. The Bertz CT molecular complexity index is 465. The van der Waals surface area contributed by atoms with Crippen LogP contribution in [0, 0.1) is 12.7 Å². The third-order valence-corrected chi connectivity index (χ3v) is 2.85. The zero-order chi connectivity index (χ0) is 10.1. The van der Waals surface area contributed by atoms with Gasteiger partial charge >= 0.3 is 0 Å². The zero-order valence-corrected chi connectivity index (χ0v) is 8.44. The van der Waals surface area contributed by atoms with Crippen molar-refractivity contribution in [2.45, 2.75) is 6.92 Å². The standard InChI is InChI=1S/C10H9FN2S/c1-6-2-3-7(11)4-8(6)10-13-9(12)5-14-10/h2-5H,12H2,1H3. The molecule has 0 aliphatic carbocycles. The zero-order valence-electron chi connectivity index (χ0n) is 7.62. The lowest BCUT2D eigenvalue weighted by Crippen LogP contribution is -1.86. The molecule has 2 nitrogen and oxygen atoms in total.